The Morgan fingerprint density at radius 1 is 0.732 bits per heavy atom. The molecule has 0 unspecified atom stereocenters. The van der Waals surface area contributed by atoms with Crippen LogP contribution in [0.5, 0.6) is 0 Å². The summed E-state index contributed by atoms with van der Waals surface area (Å²) in [6, 6.07) is 14.5. The summed E-state index contributed by atoms with van der Waals surface area (Å²) in [6.45, 7) is 3.84. The minimum atomic E-state index is -3.59. The number of nitrogens with zero attached hydrogens (tertiary/aromatic N) is 3. The molecule has 0 aliphatic heterocycles. The third-order valence-electron chi connectivity index (χ3n) is 9.60. The van der Waals surface area contributed by atoms with Gasteiger partial charge in [-0.2, -0.15) is 9.97 Å². The number of unbranched alkanes of at least 4 members (excludes halogenated alkanes) is 2. The van der Waals surface area contributed by atoms with E-state index in [0.717, 1.165) is 34.9 Å². The van der Waals surface area contributed by atoms with Crippen LogP contribution in [0.2, 0.25) is 0 Å². The Morgan fingerprint density at radius 3 is 1.48 bits per heavy atom. The Hall–Kier alpha value is -0.906. The van der Waals surface area contributed by atoms with Gasteiger partial charge < -0.3 is 31.0 Å². The molecule has 4 heterocycles. The standard InChI is InChI=1S/C22H25BrFN3O4S.C18H18FN3O4S.C4H8Br2.CH2O3.2Cs.H/c1-4-14-13-17-18(21(28)25-2)19(15-7-9-16(24)10-8-15)31-22(17)26-20(14)27(32(3,29)30)12-6-5-11-23;1-4-10-9-13-14(17(23)20-2)15(11-5-7-12(19)8-6-11)26-18(13)21-16(10)22-27(3,24)25;5-3-1-2-4-6;2-1-4-3;;;/h7-10,13H,4-6,11-12H2,1-3H3,(H,25,28);5-9H,4H2,1-3H3,(H,20,23)(H,21,22);1-4H2;1,3H;;;/q;;;;2*+1;-1/p-1. The van der Waals surface area contributed by atoms with Crippen molar-refractivity contribution in [3.05, 3.63) is 94.6 Å². The molecule has 0 aliphatic carbocycles. The van der Waals surface area contributed by atoms with Crippen molar-refractivity contribution in [3.63, 3.8) is 0 Å². The summed E-state index contributed by atoms with van der Waals surface area (Å²) >= 11 is 10.0. The molecule has 17 nitrogen and oxygen atoms in total. The number of hydrogen-bond donors (Lipinski definition) is 3. The van der Waals surface area contributed by atoms with Crippen molar-refractivity contribution in [2.24, 2.45) is 0 Å². The van der Waals surface area contributed by atoms with E-state index in [4.69, 9.17) is 18.9 Å². The Kier molecular flexibility index (Phi) is 32.6. The van der Waals surface area contributed by atoms with E-state index in [2.05, 4.69) is 78.0 Å². The molecule has 0 radical (unpaired) electrons. The van der Waals surface area contributed by atoms with Crippen LogP contribution in [0.25, 0.3) is 44.8 Å². The molecular weight excluding hydrogens is 1410 g/mol. The van der Waals surface area contributed by atoms with Crippen LogP contribution in [0, 0.1) is 11.6 Å². The zero-order valence-corrected chi connectivity index (χ0v) is 59.4. The molecule has 0 spiro atoms. The summed E-state index contributed by atoms with van der Waals surface area (Å²) in [7, 11) is -4.13. The number of sulfonamides is 2. The summed E-state index contributed by atoms with van der Waals surface area (Å²) in [6.07, 6.45) is 7.21. The molecule has 26 heteroatoms. The van der Waals surface area contributed by atoms with Gasteiger partial charge in [0.05, 0.1) is 34.4 Å². The van der Waals surface area contributed by atoms with Gasteiger partial charge in [0.1, 0.15) is 34.8 Å². The fraction of sp³-hybridized carbons (Fsp3) is 0.356. The van der Waals surface area contributed by atoms with Gasteiger partial charge >= 0.3 is 138 Å². The molecule has 0 saturated carbocycles. The van der Waals surface area contributed by atoms with Crippen LogP contribution >= 0.6 is 47.8 Å². The number of carbonyl (C=O) groups excluding carboxylic acids is 3. The molecule has 2 aromatic carbocycles. The van der Waals surface area contributed by atoms with E-state index in [1.807, 2.05) is 13.8 Å². The number of fused-ring (bicyclic) bond motifs is 2. The number of furan rings is 2. The number of carbonyl (C=O) groups is 3. The normalized spacial score (nSPS) is 10.7. The zero-order valence-electron chi connectivity index (χ0n) is 41.5. The Morgan fingerprint density at radius 2 is 1.13 bits per heavy atom. The van der Waals surface area contributed by atoms with Crippen molar-refractivity contribution in [1.29, 1.82) is 0 Å². The van der Waals surface area contributed by atoms with Crippen LogP contribution in [0.15, 0.2) is 69.5 Å². The fourth-order valence-electron chi connectivity index (χ4n) is 6.41. The maximum absolute atomic E-state index is 13.4. The molecule has 2 amide bonds. The number of halogens is 5. The van der Waals surface area contributed by atoms with Crippen LogP contribution in [-0.4, -0.2) is 94.2 Å². The number of aryl methyl sites for hydroxylation is 2. The molecule has 4 aromatic heterocycles. The van der Waals surface area contributed by atoms with Crippen LogP contribution in [0.4, 0.5) is 20.4 Å². The molecule has 0 saturated heterocycles. The van der Waals surface area contributed by atoms with Gasteiger partial charge in [-0.1, -0.05) is 61.6 Å². The van der Waals surface area contributed by atoms with Gasteiger partial charge in [0.15, 0.2) is 0 Å². The number of amides is 2. The smallest absolute Gasteiger partial charge is 1.00 e. The largest absolute Gasteiger partial charge is 1.00 e. The average Bonchev–Trinajstić information content (AvgIpc) is 3.89. The monoisotopic (exact) mass is 1460 g/mol. The van der Waals surface area contributed by atoms with E-state index >= 15 is 0 Å². The first-order chi connectivity index (χ1) is 32.8. The van der Waals surface area contributed by atoms with Gasteiger partial charge in [0.25, 0.3) is 18.3 Å². The van der Waals surface area contributed by atoms with Crippen LogP contribution < -0.4 is 163 Å². The predicted octanol–water partition coefficient (Wildman–Crippen LogP) is 2.54. The SMILES string of the molecule is BrCCCCBr.CCc1cc2c(C(=O)NC)c(-c3ccc(F)cc3)oc2nc1N(CCCCBr)S(C)(=O)=O.CCc1cc2c(C(=O)NC)c(-c3ccc(F)cc3)oc2nc1NS(C)(=O)=O.O=CO[O-].[Cs+].[Cs+].[H-]. The van der Waals surface area contributed by atoms with Gasteiger partial charge in [-0.3, -0.25) is 23.4 Å². The van der Waals surface area contributed by atoms with E-state index in [1.165, 1.54) is 79.8 Å². The molecular formula is C45H53Br3Cs2F2N6O11S2. The maximum Gasteiger partial charge on any atom is 1.00 e. The summed E-state index contributed by atoms with van der Waals surface area (Å²) in [5, 5.41) is 17.6. The van der Waals surface area contributed by atoms with Gasteiger partial charge in [-0.25, -0.2) is 25.6 Å². The number of rotatable bonds is 18. The minimum Gasteiger partial charge on any atom is -1.00 e. The second-order valence-electron chi connectivity index (χ2n) is 14.5. The molecule has 0 atom stereocenters. The van der Waals surface area contributed by atoms with Crippen molar-refractivity contribution in [2.75, 3.05) is 58.2 Å². The summed E-state index contributed by atoms with van der Waals surface area (Å²) in [5.41, 5.74) is 3.09. The quantitative estimate of drug-likeness (QED) is 0.0369. The third-order valence-corrected chi connectivity index (χ3v) is 13.0. The van der Waals surface area contributed by atoms with Crippen LogP contribution in [0.3, 0.4) is 0 Å². The van der Waals surface area contributed by atoms with Gasteiger partial charge in [0, 0.05) is 47.8 Å². The van der Waals surface area contributed by atoms with Crippen molar-refractivity contribution in [1.82, 2.24) is 20.6 Å². The summed E-state index contributed by atoms with van der Waals surface area (Å²) in [4.78, 5) is 45.3. The van der Waals surface area contributed by atoms with Crippen molar-refractivity contribution in [2.45, 2.75) is 52.4 Å². The summed E-state index contributed by atoms with van der Waals surface area (Å²) in [5.74, 6) is -0.672. The van der Waals surface area contributed by atoms with Crippen molar-refractivity contribution in [3.8, 4) is 22.6 Å². The minimum absolute atomic E-state index is 0. The van der Waals surface area contributed by atoms with E-state index < -0.39 is 31.7 Å². The number of nitrogens with one attached hydrogen (secondary N) is 3. The van der Waals surface area contributed by atoms with Gasteiger partial charge in [-0.05, 0) is 110 Å². The molecule has 378 valence electrons. The Labute approximate surface area is 556 Å². The number of alkyl halides is 3. The molecule has 0 aliphatic rings. The van der Waals surface area contributed by atoms with E-state index in [1.54, 1.807) is 12.1 Å². The Bertz CT molecular complexity index is 2900. The zero-order chi connectivity index (χ0) is 51.5. The first kappa shape index (κ1) is 68.1. The Balaban J connectivity index is 0.00000115. The molecule has 0 fully saturated rings. The molecule has 6 rings (SSSR count). The van der Waals surface area contributed by atoms with E-state index in [0.29, 0.717) is 58.1 Å². The van der Waals surface area contributed by atoms with Crippen molar-refractivity contribution < 1.29 is 198 Å². The number of benzene rings is 2. The molecule has 3 N–H and O–H groups in total. The average molecular weight is 1460 g/mol. The van der Waals surface area contributed by atoms with Gasteiger partial charge in [-0.15, -0.1) is 0 Å². The fourth-order valence-corrected chi connectivity index (χ4v) is 9.06. The van der Waals surface area contributed by atoms with E-state index in [9.17, 15) is 35.2 Å². The molecule has 71 heavy (non-hydrogen) atoms. The number of aromatic nitrogens is 2. The van der Waals surface area contributed by atoms with Gasteiger partial charge in [0.2, 0.25) is 31.5 Å². The number of anilines is 2. The molecule has 6 aromatic rings. The maximum atomic E-state index is 13.4. The third kappa shape index (κ3) is 20.5. The topological polar surface area (TPSA) is 243 Å². The number of hydrogen-bond acceptors (Lipinski definition) is 13. The molecule has 0 bridgehead atoms. The second-order valence-corrected chi connectivity index (χ2v) is 20.6. The first-order valence-electron chi connectivity index (χ1n) is 21.0. The number of pyridine rings is 2. The van der Waals surface area contributed by atoms with Crippen LogP contribution in [-0.2, 0) is 42.6 Å². The van der Waals surface area contributed by atoms with Crippen molar-refractivity contribution >= 4 is 120 Å². The first-order valence-corrected chi connectivity index (χ1v) is 28.1. The predicted molar refractivity (Wildman–Crippen MR) is 273 cm³/mol. The second kappa shape index (κ2) is 34.0. The van der Waals surface area contributed by atoms with E-state index in [-0.39, 0.29) is 204 Å². The summed E-state index contributed by atoms with van der Waals surface area (Å²) < 4.78 is 90.4. The van der Waals surface area contributed by atoms with Crippen LogP contribution in [0.1, 0.15) is 72.8 Å².